The van der Waals surface area contributed by atoms with Crippen molar-refractivity contribution in [3.8, 4) is 0 Å². The van der Waals surface area contributed by atoms with Crippen LogP contribution in [-0.4, -0.2) is 25.2 Å². The van der Waals surface area contributed by atoms with Crippen LogP contribution < -0.4 is 0 Å². The van der Waals surface area contributed by atoms with E-state index in [1.165, 1.54) is 6.08 Å². The molecule has 0 radical (unpaired) electrons. The minimum atomic E-state index is -0.244. The van der Waals surface area contributed by atoms with E-state index in [4.69, 9.17) is 9.47 Å². The SMILES string of the molecule is C=CCOC(=O)CCCCC(=O)OCCCCC. The molecule has 0 N–H and O–H groups in total. The van der Waals surface area contributed by atoms with E-state index in [2.05, 4.69) is 13.5 Å². The Balaban J connectivity index is 3.34. The van der Waals surface area contributed by atoms with Crippen LogP contribution in [0, 0.1) is 0 Å². The third-order valence-electron chi connectivity index (χ3n) is 2.38. The zero-order chi connectivity index (χ0) is 13.6. The molecule has 0 fully saturated rings. The topological polar surface area (TPSA) is 52.6 Å². The lowest BCUT2D eigenvalue weighted by molar-refractivity contribution is -0.145. The van der Waals surface area contributed by atoms with Gasteiger partial charge in [0.05, 0.1) is 6.61 Å². The van der Waals surface area contributed by atoms with Gasteiger partial charge in [0.1, 0.15) is 6.61 Å². The van der Waals surface area contributed by atoms with Gasteiger partial charge in [-0.05, 0) is 19.3 Å². The maximum Gasteiger partial charge on any atom is 0.306 e. The Morgan fingerprint density at radius 2 is 1.61 bits per heavy atom. The van der Waals surface area contributed by atoms with Crippen LogP contribution in [0.1, 0.15) is 51.9 Å². The van der Waals surface area contributed by atoms with Gasteiger partial charge in [0.15, 0.2) is 0 Å². The molecule has 0 aliphatic rings. The zero-order valence-electron chi connectivity index (χ0n) is 11.3. The molecule has 0 heterocycles. The first-order chi connectivity index (χ1) is 8.70. The molecular weight excluding hydrogens is 232 g/mol. The molecule has 0 aromatic carbocycles. The van der Waals surface area contributed by atoms with Gasteiger partial charge < -0.3 is 9.47 Å². The summed E-state index contributed by atoms with van der Waals surface area (Å²) in [5.74, 6) is -0.420. The first kappa shape index (κ1) is 16.7. The predicted molar refractivity (Wildman–Crippen MR) is 70.1 cm³/mol. The minimum absolute atomic E-state index is 0.175. The van der Waals surface area contributed by atoms with E-state index in [0.29, 0.717) is 32.3 Å². The molecule has 0 aromatic rings. The summed E-state index contributed by atoms with van der Waals surface area (Å²) >= 11 is 0. The van der Waals surface area contributed by atoms with E-state index < -0.39 is 0 Å². The second-order valence-corrected chi connectivity index (χ2v) is 4.11. The Morgan fingerprint density at radius 3 is 2.17 bits per heavy atom. The molecule has 0 amide bonds. The largest absolute Gasteiger partial charge is 0.466 e. The molecule has 4 nitrogen and oxygen atoms in total. The van der Waals surface area contributed by atoms with Gasteiger partial charge in [0, 0.05) is 12.8 Å². The molecule has 4 heteroatoms. The maximum absolute atomic E-state index is 11.3. The van der Waals surface area contributed by atoms with Gasteiger partial charge in [0.2, 0.25) is 0 Å². The van der Waals surface area contributed by atoms with Crippen molar-refractivity contribution in [3.05, 3.63) is 12.7 Å². The standard InChI is InChI=1S/C14H24O4/c1-3-5-8-12-18-14(16)10-7-6-9-13(15)17-11-4-2/h4H,2-3,5-12H2,1H3. The summed E-state index contributed by atoms with van der Waals surface area (Å²) in [6.45, 7) is 6.32. The lowest BCUT2D eigenvalue weighted by Gasteiger charge is -2.04. The smallest absolute Gasteiger partial charge is 0.306 e. The average Bonchev–Trinajstić information content (AvgIpc) is 2.37. The molecule has 0 aliphatic carbocycles. The molecule has 0 aromatic heterocycles. The highest BCUT2D eigenvalue weighted by Gasteiger charge is 2.05. The first-order valence-corrected chi connectivity index (χ1v) is 6.62. The fourth-order valence-corrected chi connectivity index (χ4v) is 1.37. The molecule has 0 saturated heterocycles. The quantitative estimate of drug-likeness (QED) is 0.324. The van der Waals surface area contributed by atoms with E-state index in [1.807, 2.05) is 0 Å². The van der Waals surface area contributed by atoms with Gasteiger partial charge in [-0.3, -0.25) is 9.59 Å². The highest BCUT2D eigenvalue weighted by Crippen LogP contribution is 2.04. The summed E-state index contributed by atoms with van der Waals surface area (Å²) < 4.78 is 9.86. The summed E-state index contributed by atoms with van der Waals surface area (Å²) in [6, 6.07) is 0. The van der Waals surface area contributed by atoms with Crippen molar-refractivity contribution < 1.29 is 19.1 Å². The van der Waals surface area contributed by atoms with Crippen LogP contribution in [-0.2, 0) is 19.1 Å². The zero-order valence-corrected chi connectivity index (χ0v) is 11.3. The number of rotatable bonds is 11. The number of carbonyl (C=O) groups excluding carboxylic acids is 2. The highest BCUT2D eigenvalue weighted by atomic mass is 16.5. The molecular formula is C14H24O4. The second kappa shape index (κ2) is 12.1. The number of unbranched alkanes of at least 4 members (excludes halogenated alkanes) is 3. The predicted octanol–water partition coefficient (Wildman–Crippen LogP) is 3.01. The van der Waals surface area contributed by atoms with Crippen LogP contribution in [0.5, 0.6) is 0 Å². The van der Waals surface area contributed by atoms with Crippen molar-refractivity contribution in [2.75, 3.05) is 13.2 Å². The average molecular weight is 256 g/mol. The number of esters is 2. The van der Waals surface area contributed by atoms with Gasteiger partial charge in [-0.1, -0.05) is 32.4 Å². The van der Waals surface area contributed by atoms with Crippen molar-refractivity contribution in [1.82, 2.24) is 0 Å². The summed E-state index contributed by atoms with van der Waals surface area (Å²) in [5, 5.41) is 0. The minimum Gasteiger partial charge on any atom is -0.466 e. The van der Waals surface area contributed by atoms with Crippen molar-refractivity contribution >= 4 is 11.9 Å². The Kier molecular flexibility index (Phi) is 11.3. The number of ether oxygens (including phenoxy) is 2. The van der Waals surface area contributed by atoms with Crippen LogP contribution in [0.25, 0.3) is 0 Å². The Morgan fingerprint density at radius 1 is 1.00 bits per heavy atom. The summed E-state index contributed by atoms with van der Waals surface area (Å²) in [4.78, 5) is 22.4. The number of hydrogen-bond donors (Lipinski definition) is 0. The molecule has 18 heavy (non-hydrogen) atoms. The van der Waals surface area contributed by atoms with Crippen LogP contribution in [0.3, 0.4) is 0 Å². The summed E-state index contributed by atoms with van der Waals surface area (Å²) in [7, 11) is 0. The van der Waals surface area contributed by atoms with Gasteiger partial charge in [0.25, 0.3) is 0 Å². The van der Waals surface area contributed by atoms with Crippen molar-refractivity contribution in [1.29, 1.82) is 0 Å². The van der Waals surface area contributed by atoms with E-state index >= 15 is 0 Å². The third-order valence-corrected chi connectivity index (χ3v) is 2.38. The molecule has 0 unspecified atom stereocenters. The Bertz CT molecular complexity index is 248. The molecule has 104 valence electrons. The molecule has 0 bridgehead atoms. The van der Waals surface area contributed by atoms with Gasteiger partial charge >= 0.3 is 11.9 Å². The summed E-state index contributed by atoms with van der Waals surface area (Å²) in [5.41, 5.74) is 0. The highest BCUT2D eigenvalue weighted by molar-refractivity contribution is 5.70. The van der Waals surface area contributed by atoms with Crippen molar-refractivity contribution in [2.45, 2.75) is 51.9 Å². The number of hydrogen-bond acceptors (Lipinski definition) is 4. The molecule has 0 aliphatic heterocycles. The maximum atomic E-state index is 11.3. The van der Waals surface area contributed by atoms with E-state index in [9.17, 15) is 9.59 Å². The fraction of sp³-hybridized carbons (Fsp3) is 0.714. The van der Waals surface area contributed by atoms with E-state index in [-0.39, 0.29) is 18.5 Å². The molecule has 0 spiro atoms. The summed E-state index contributed by atoms with van der Waals surface area (Å²) in [6.07, 6.45) is 6.70. The monoisotopic (exact) mass is 256 g/mol. The number of carbonyl (C=O) groups is 2. The van der Waals surface area contributed by atoms with Crippen LogP contribution >= 0.6 is 0 Å². The third kappa shape index (κ3) is 11.2. The first-order valence-electron chi connectivity index (χ1n) is 6.62. The van der Waals surface area contributed by atoms with Crippen LogP contribution in [0.15, 0.2) is 12.7 Å². The molecule has 0 atom stereocenters. The second-order valence-electron chi connectivity index (χ2n) is 4.11. The fourth-order valence-electron chi connectivity index (χ4n) is 1.37. The van der Waals surface area contributed by atoms with Crippen molar-refractivity contribution in [3.63, 3.8) is 0 Å². The lowest BCUT2D eigenvalue weighted by Crippen LogP contribution is -2.07. The van der Waals surface area contributed by atoms with E-state index in [1.54, 1.807) is 0 Å². The van der Waals surface area contributed by atoms with Crippen molar-refractivity contribution in [2.24, 2.45) is 0 Å². The van der Waals surface area contributed by atoms with E-state index in [0.717, 1.165) is 19.3 Å². The Hall–Kier alpha value is -1.32. The molecule has 0 saturated carbocycles. The van der Waals surface area contributed by atoms with Crippen LogP contribution in [0.2, 0.25) is 0 Å². The van der Waals surface area contributed by atoms with Gasteiger partial charge in [-0.25, -0.2) is 0 Å². The van der Waals surface area contributed by atoms with Gasteiger partial charge in [-0.2, -0.15) is 0 Å². The molecule has 0 rings (SSSR count). The Labute approximate surface area is 109 Å². The lowest BCUT2D eigenvalue weighted by atomic mass is 10.2. The normalized spacial score (nSPS) is 9.83. The van der Waals surface area contributed by atoms with Crippen LogP contribution in [0.4, 0.5) is 0 Å². The van der Waals surface area contributed by atoms with Gasteiger partial charge in [-0.15, -0.1) is 0 Å².